The third kappa shape index (κ3) is 4.46. The van der Waals surface area contributed by atoms with Crippen LogP contribution in [0.5, 0.6) is 0 Å². The van der Waals surface area contributed by atoms with E-state index in [4.69, 9.17) is 23.2 Å². The van der Waals surface area contributed by atoms with Crippen LogP contribution in [0.2, 0.25) is 10.0 Å². The zero-order chi connectivity index (χ0) is 17.0. The second-order valence-electron chi connectivity index (χ2n) is 4.66. The summed E-state index contributed by atoms with van der Waals surface area (Å²) in [7, 11) is 0. The normalized spacial score (nSPS) is 12.0. The fourth-order valence-corrected chi connectivity index (χ4v) is 3.06. The number of aryl methyl sites for hydroxylation is 1. The highest BCUT2D eigenvalue weighted by atomic mass is 35.5. The number of aromatic nitrogens is 4. The Morgan fingerprint density at radius 2 is 2.26 bits per heavy atom. The number of nitrogens with zero attached hydrogens (tertiary/aromatic N) is 4. The quantitative estimate of drug-likeness (QED) is 0.620. The standard InChI is InChI=1S/C14H15Cl2N5OS/c1-4-5-21-9(3)19-20-14(21)23-8(2)13(22)18-12-11(16)6-10(15)7-17-12/h4,6-8H,1,5H2,2-3H3,(H,17,18,22). The molecule has 0 saturated heterocycles. The summed E-state index contributed by atoms with van der Waals surface area (Å²) in [6.07, 6.45) is 3.17. The zero-order valence-electron chi connectivity index (χ0n) is 12.6. The number of hydrogen-bond donors (Lipinski definition) is 1. The maximum absolute atomic E-state index is 12.3. The molecule has 0 radical (unpaired) electrons. The Morgan fingerprint density at radius 1 is 1.52 bits per heavy atom. The van der Waals surface area contributed by atoms with Crippen molar-refractivity contribution >= 4 is 46.7 Å². The number of allylic oxidation sites excluding steroid dienone is 1. The minimum atomic E-state index is -0.407. The van der Waals surface area contributed by atoms with Crippen molar-refractivity contribution < 1.29 is 4.79 Å². The Balaban J connectivity index is 2.07. The summed E-state index contributed by atoms with van der Waals surface area (Å²) >= 11 is 13.1. The van der Waals surface area contributed by atoms with Crippen LogP contribution in [-0.4, -0.2) is 30.9 Å². The zero-order valence-corrected chi connectivity index (χ0v) is 14.9. The number of pyridine rings is 1. The van der Waals surface area contributed by atoms with Gasteiger partial charge in [0.05, 0.1) is 15.3 Å². The first kappa shape index (κ1) is 17.8. The Kier molecular flexibility index (Phi) is 6.04. The molecular formula is C14H15Cl2N5OS. The van der Waals surface area contributed by atoms with Crippen molar-refractivity contribution in [3.05, 3.63) is 40.8 Å². The lowest BCUT2D eigenvalue weighted by molar-refractivity contribution is -0.115. The van der Waals surface area contributed by atoms with Crippen molar-refractivity contribution in [3.63, 3.8) is 0 Å². The number of anilines is 1. The van der Waals surface area contributed by atoms with Crippen LogP contribution < -0.4 is 5.32 Å². The van der Waals surface area contributed by atoms with Crippen molar-refractivity contribution in [1.82, 2.24) is 19.7 Å². The van der Waals surface area contributed by atoms with Crippen molar-refractivity contribution in [1.29, 1.82) is 0 Å². The minimum absolute atomic E-state index is 0.238. The minimum Gasteiger partial charge on any atom is -0.308 e. The maximum atomic E-state index is 12.3. The Labute approximate surface area is 148 Å². The number of hydrogen-bond acceptors (Lipinski definition) is 5. The summed E-state index contributed by atoms with van der Waals surface area (Å²) in [6.45, 7) is 7.91. The van der Waals surface area contributed by atoms with Gasteiger partial charge in [-0.1, -0.05) is 41.0 Å². The molecule has 1 unspecified atom stereocenters. The van der Waals surface area contributed by atoms with Crippen LogP contribution >= 0.6 is 35.0 Å². The van der Waals surface area contributed by atoms with Gasteiger partial charge in [0, 0.05) is 12.7 Å². The molecule has 0 aliphatic rings. The Morgan fingerprint density at radius 3 is 2.91 bits per heavy atom. The molecule has 1 amide bonds. The number of carbonyl (C=O) groups is 1. The number of halogens is 2. The summed E-state index contributed by atoms with van der Waals surface area (Å²) in [5.41, 5.74) is 0. The average molecular weight is 372 g/mol. The number of thioether (sulfide) groups is 1. The number of carbonyl (C=O) groups excluding carboxylic acids is 1. The summed E-state index contributed by atoms with van der Waals surface area (Å²) in [6, 6.07) is 1.52. The van der Waals surface area contributed by atoms with Crippen molar-refractivity contribution in [2.24, 2.45) is 0 Å². The fourth-order valence-electron chi connectivity index (χ4n) is 1.72. The molecule has 0 aliphatic carbocycles. The van der Waals surface area contributed by atoms with Crippen molar-refractivity contribution in [2.45, 2.75) is 30.8 Å². The first-order chi connectivity index (χ1) is 10.9. The topological polar surface area (TPSA) is 72.7 Å². The van der Waals surface area contributed by atoms with E-state index in [1.54, 1.807) is 13.0 Å². The molecular weight excluding hydrogens is 357 g/mol. The van der Waals surface area contributed by atoms with Gasteiger partial charge < -0.3 is 9.88 Å². The van der Waals surface area contributed by atoms with E-state index in [1.807, 2.05) is 11.5 Å². The molecule has 1 atom stereocenters. The lowest BCUT2D eigenvalue weighted by Crippen LogP contribution is -2.23. The van der Waals surface area contributed by atoms with Crippen molar-refractivity contribution in [3.8, 4) is 0 Å². The lowest BCUT2D eigenvalue weighted by Gasteiger charge is -2.12. The molecule has 2 heterocycles. The van der Waals surface area contributed by atoms with E-state index < -0.39 is 5.25 Å². The molecule has 23 heavy (non-hydrogen) atoms. The molecule has 0 bridgehead atoms. The van der Waals surface area contributed by atoms with Gasteiger partial charge in [-0.25, -0.2) is 4.98 Å². The van der Waals surface area contributed by atoms with Gasteiger partial charge in [-0.05, 0) is 19.9 Å². The smallest absolute Gasteiger partial charge is 0.238 e. The van der Waals surface area contributed by atoms with Gasteiger partial charge in [0.1, 0.15) is 5.82 Å². The van der Waals surface area contributed by atoms with E-state index in [0.717, 1.165) is 5.82 Å². The number of nitrogens with one attached hydrogen (secondary N) is 1. The predicted molar refractivity (Wildman–Crippen MR) is 93.2 cm³/mol. The highest BCUT2D eigenvalue weighted by Crippen LogP contribution is 2.26. The van der Waals surface area contributed by atoms with Crippen LogP contribution in [0, 0.1) is 6.92 Å². The number of amides is 1. The van der Waals surface area contributed by atoms with Gasteiger partial charge in [-0.3, -0.25) is 4.79 Å². The third-order valence-corrected chi connectivity index (χ3v) is 4.49. The average Bonchev–Trinajstić information content (AvgIpc) is 2.83. The number of rotatable bonds is 6. The molecule has 122 valence electrons. The summed E-state index contributed by atoms with van der Waals surface area (Å²) in [5, 5.41) is 11.7. The monoisotopic (exact) mass is 371 g/mol. The van der Waals surface area contributed by atoms with Gasteiger partial charge in [-0.2, -0.15) is 0 Å². The van der Waals surface area contributed by atoms with E-state index >= 15 is 0 Å². The van der Waals surface area contributed by atoms with Gasteiger partial charge >= 0.3 is 0 Å². The molecule has 2 aromatic rings. The molecule has 0 fully saturated rings. The highest BCUT2D eigenvalue weighted by Gasteiger charge is 2.20. The van der Waals surface area contributed by atoms with Gasteiger partial charge in [0.25, 0.3) is 0 Å². The molecule has 1 N–H and O–H groups in total. The van der Waals surface area contributed by atoms with Gasteiger partial charge in [-0.15, -0.1) is 16.8 Å². The summed E-state index contributed by atoms with van der Waals surface area (Å²) in [5.74, 6) is 0.803. The first-order valence-electron chi connectivity index (χ1n) is 6.71. The first-order valence-corrected chi connectivity index (χ1v) is 8.35. The van der Waals surface area contributed by atoms with Crippen LogP contribution in [0.1, 0.15) is 12.7 Å². The molecule has 2 rings (SSSR count). The fraction of sp³-hybridized carbons (Fsp3) is 0.286. The van der Waals surface area contributed by atoms with E-state index in [9.17, 15) is 4.79 Å². The Hall–Kier alpha value is -1.57. The largest absolute Gasteiger partial charge is 0.308 e. The van der Waals surface area contributed by atoms with Crippen LogP contribution in [0.4, 0.5) is 5.82 Å². The SMILES string of the molecule is C=CCn1c(C)nnc1SC(C)C(=O)Nc1ncc(Cl)cc1Cl. The molecule has 0 saturated carbocycles. The van der Waals surface area contributed by atoms with E-state index in [0.29, 0.717) is 16.7 Å². The molecule has 0 aliphatic heterocycles. The lowest BCUT2D eigenvalue weighted by atomic mass is 10.4. The summed E-state index contributed by atoms with van der Waals surface area (Å²) in [4.78, 5) is 16.3. The highest BCUT2D eigenvalue weighted by molar-refractivity contribution is 8.00. The van der Waals surface area contributed by atoms with Crippen molar-refractivity contribution in [2.75, 3.05) is 5.32 Å². The molecule has 9 heteroatoms. The second-order valence-corrected chi connectivity index (χ2v) is 6.81. The molecule has 2 aromatic heterocycles. The predicted octanol–water partition coefficient (Wildman–Crippen LogP) is 3.59. The van der Waals surface area contributed by atoms with Crippen LogP contribution in [0.3, 0.4) is 0 Å². The third-order valence-electron chi connectivity index (χ3n) is 2.91. The Bertz CT molecular complexity index is 734. The van der Waals surface area contributed by atoms with Crippen LogP contribution in [-0.2, 0) is 11.3 Å². The van der Waals surface area contributed by atoms with Gasteiger partial charge in [0.15, 0.2) is 11.0 Å². The van der Waals surface area contributed by atoms with Crippen LogP contribution in [0.25, 0.3) is 0 Å². The second kappa shape index (κ2) is 7.81. The summed E-state index contributed by atoms with van der Waals surface area (Å²) < 4.78 is 1.88. The van der Waals surface area contributed by atoms with E-state index in [-0.39, 0.29) is 16.7 Å². The molecule has 0 aromatic carbocycles. The van der Waals surface area contributed by atoms with Gasteiger partial charge in [0.2, 0.25) is 5.91 Å². The molecule has 6 nitrogen and oxygen atoms in total. The van der Waals surface area contributed by atoms with E-state index in [1.165, 1.54) is 24.0 Å². The van der Waals surface area contributed by atoms with Crippen LogP contribution in [0.15, 0.2) is 30.1 Å². The van der Waals surface area contributed by atoms with E-state index in [2.05, 4.69) is 27.1 Å². The maximum Gasteiger partial charge on any atom is 0.238 e. The molecule has 0 spiro atoms.